The highest BCUT2D eigenvalue weighted by Crippen LogP contribution is 2.26. The highest BCUT2D eigenvalue weighted by molar-refractivity contribution is 7.92. The van der Waals surface area contributed by atoms with Crippen LogP contribution in [0.4, 0.5) is 5.69 Å². The SMILES string of the molecule is CN(c1ccccc1)S(=O)(=O)c1ccc(C(=O)N2Cc3ccccc3C[C@H]2C(N)=O)cc1. The van der Waals surface area contributed by atoms with Crippen molar-refractivity contribution in [2.45, 2.75) is 23.9 Å². The highest BCUT2D eigenvalue weighted by atomic mass is 32.2. The molecule has 3 aromatic rings. The maximum Gasteiger partial charge on any atom is 0.264 e. The van der Waals surface area contributed by atoms with E-state index in [9.17, 15) is 18.0 Å². The van der Waals surface area contributed by atoms with Crippen molar-refractivity contribution in [3.8, 4) is 0 Å². The molecule has 1 aliphatic rings. The van der Waals surface area contributed by atoms with E-state index in [1.54, 1.807) is 24.3 Å². The summed E-state index contributed by atoms with van der Waals surface area (Å²) in [5.41, 5.74) is 8.35. The molecule has 0 radical (unpaired) electrons. The van der Waals surface area contributed by atoms with Crippen molar-refractivity contribution in [1.82, 2.24) is 4.90 Å². The number of hydrogen-bond acceptors (Lipinski definition) is 4. The van der Waals surface area contributed by atoms with Crippen molar-refractivity contribution in [2.24, 2.45) is 5.73 Å². The molecule has 164 valence electrons. The fourth-order valence-corrected chi connectivity index (χ4v) is 5.06. The molecule has 7 nitrogen and oxygen atoms in total. The van der Waals surface area contributed by atoms with Crippen LogP contribution in [-0.2, 0) is 27.8 Å². The van der Waals surface area contributed by atoms with Crippen LogP contribution in [0.5, 0.6) is 0 Å². The van der Waals surface area contributed by atoms with Crippen LogP contribution in [0.2, 0.25) is 0 Å². The first-order valence-corrected chi connectivity index (χ1v) is 11.5. The lowest BCUT2D eigenvalue weighted by atomic mass is 9.93. The van der Waals surface area contributed by atoms with Gasteiger partial charge in [0.25, 0.3) is 15.9 Å². The van der Waals surface area contributed by atoms with E-state index in [1.807, 2.05) is 30.3 Å². The van der Waals surface area contributed by atoms with Crippen molar-refractivity contribution in [3.63, 3.8) is 0 Å². The third kappa shape index (κ3) is 3.97. The number of benzene rings is 3. The van der Waals surface area contributed by atoms with Gasteiger partial charge in [0.2, 0.25) is 5.91 Å². The van der Waals surface area contributed by atoms with Gasteiger partial charge in [-0.3, -0.25) is 13.9 Å². The molecular formula is C24H23N3O4S. The van der Waals surface area contributed by atoms with Gasteiger partial charge in [-0.15, -0.1) is 0 Å². The molecule has 0 fully saturated rings. The van der Waals surface area contributed by atoms with Crippen molar-refractivity contribution in [2.75, 3.05) is 11.4 Å². The largest absolute Gasteiger partial charge is 0.368 e. The van der Waals surface area contributed by atoms with Gasteiger partial charge in [0, 0.05) is 25.6 Å². The monoisotopic (exact) mass is 449 g/mol. The summed E-state index contributed by atoms with van der Waals surface area (Å²) in [5.74, 6) is -0.944. The van der Waals surface area contributed by atoms with E-state index < -0.39 is 22.0 Å². The Bertz CT molecular complexity index is 1260. The molecule has 0 saturated heterocycles. The molecule has 0 unspecified atom stereocenters. The Balaban J connectivity index is 1.60. The van der Waals surface area contributed by atoms with Gasteiger partial charge in [0.1, 0.15) is 6.04 Å². The Hall–Kier alpha value is -3.65. The maximum atomic E-state index is 13.2. The zero-order chi connectivity index (χ0) is 22.9. The molecule has 1 aliphatic heterocycles. The van der Waals surface area contributed by atoms with E-state index in [0.29, 0.717) is 12.1 Å². The predicted octanol–water partition coefficient (Wildman–Crippen LogP) is 2.56. The molecule has 4 rings (SSSR count). The molecule has 3 aromatic carbocycles. The van der Waals surface area contributed by atoms with Crippen LogP contribution in [0.3, 0.4) is 0 Å². The van der Waals surface area contributed by atoms with Gasteiger partial charge in [0.05, 0.1) is 10.6 Å². The lowest BCUT2D eigenvalue weighted by Gasteiger charge is -2.35. The fraction of sp³-hybridized carbons (Fsp3) is 0.167. The van der Waals surface area contributed by atoms with Crippen molar-refractivity contribution < 1.29 is 18.0 Å². The first-order chi connectivity index (χ1) is 15.3. The van der Waals surface area contributed by atoms with Crippen molar-refractivity contribution in [3.05, 3.63) is 95.6 Å². The van der Waals surface area contributed by atoms with Crippen LogP contribution >= 0.6 is 0 Å². The number of nitrogens with two attached hydrogens (primary N) is 1. The molecule has 1 atom stereocenters. The van der Waals surface area contributed by atoms with Gasteiger partial charge in [0.15, 0.2) is 0 Å². The van der Waals surface area contributed by atoms with Gasteiger partial charge in [-0.25, -0.2) is 8.42 Å². The Morgan fingerprint density at radius 1 is 0.906 bits per heavy atom. The number of carbonyl (C=O) groups excluding carboxylic acids is 2. The molecule has 0 aromatic heterocycles. The quantitative estimate of drug-likeness (QED) is 0.647. The number of fused-ring (bicyclic) bond motifs is 1. The fourth-order valence-electron chi connectivity index (χ4n) is 3.86. The average Bonchev–Trinajstić information content (AvgIpc) is 2.82. The number of sulfonamides is 1. The number of carbonyl (C=O) groups is 2. The molecule has 0 bridgehead atoms. The number of rotatable bonds is 5. The molecule has 2 N–H and O–H groups in total. The second-order valence-electron chi connectivity index (χ2n) is 7.66. The normalized spacial score (nSPS) is 15.7. The summed E-state index contributed by atoms with van der Waals surface area (Å²) in [7, 11) is -2.31. The standard InChI is InChI=1S/C24H23N3O4S/c1-26(20-9-3-2-4-10-20)32(30,31)21-13-11-17(12-14-21)24(29)27-16-19-8-6-5-7-18(19)15-22(27)23(25)28/h2-14,22H,15-16H2,1H3,(H2,25,28)/t22-/m0/s1. The summed E-state index contributed by atoms with van der Waals surface area (Å²) in [5, 5.41) is 0. The van der Waals surface area contributed by atoms with Crippen molar-refractivity contribution in [1.29, 1.82) is 0 Å². The Morgan fingerprint density at radius 3 is 2.12 bits per heavy atom. The minimum absolute atomic E-state index is 0.0656. The van der Waals surface area contributed by atoms with E-state index in [-0.39, 0.29) is 22.9 Å². The molecule has 32 heavy (non-hydrogen) atoms. The van der Waals surface area contributed by atoms with Crippen LogP contribution < -0.4 is 10.0 Å². The molecule has 1 heterocycles. The molecule has 0 aliphatic carbocycles. The zero-order valence-electron chi connectivity index (χ0n) is 17.5. The average molecular weight is 450 g/mol. The molecule has 8 heteroatoms. The Labute approximate surface area is 187 Å². The smallest absolute Gasteiger partial charge is 0.264 e. The number of nitrogens with zero attached hydrogens (tertiary/aromatic N) is 2. The highest BCUT2D eigenvalue weighted by Gasteiger charge is 2.34. The summed E-state index contributed by atoms with van der Waals surface area (Å²) in [6.45, 7) is 0.263. The molecule has 0 spiro atoms. The summed E-state index contributed by atoms with van der Waals surface area (Å²) < 4.78 is 27.1. The number of amides is 2. The van der Waals surface area contributed by atoms with Gasteiger partial charge >= 0.3 is 0 Å². The predicted molar refractivity (Wildman–Crippen MR) is 121 cm³/mol. The topological polar surface area (TPSA) is 101 Å². The minimum atomic E-state index is -3.79. The molecule has 2 amide bonds. The third-order valence-corrected chi connectivity index (χ3v) is 7.52. The zero-order valence-corrected chi connectivity index (χ0v) is 18.3. The summed E-state index contributed by atoms with van der Waals surface area (Å²) in [4.78, 5) is 26.8. The first-order valence-electron chi connectivity index (χ1n) is 10.1. The number of hydrogen-bond donors (Lipinski definition) is 1. The Morgan fingerprint density at radius 2 is 1.50 bits per heavy atom. The second-order valence-corrected chi connectivity index (χ2v) is 9.63. The lowest BCUT2D eigenvalue weighted by molar-refractivity contribution is -0.122. The van der Waals surface area contributed by atoms with Gasteiger partial charge in [-0.1, -0.05) is 42.5 Å². The van der Waals surface area contributed by atoms with Crippen LogP contribution in [0.25, 0.3) is 0 Å². The van der Waals surface area contributed by atoms with Crippen LogP contribution in [0.1, 0.15) is 21.5 Å². The van der Waals surface area contributed by atoms with E-state index in [2.05, 4.69) is 0 Å². The van der Waals surface area contributed by atoms with E-state index in [1.165, 1.54) is 40.5 Å². The van der Waals surface area contributed by atoms with Gasteiger partial charge < -0.3 is 10.6 Å². The number of anilines is 1. The summed E-state index contributed by atoms with van der Waals surface area (Å²) >= 11 is 0. The van der Waals surface area contributed by atoms with Crippen molar-refractivity contribution >= 4 is 27.5 Å². The minimum Gasteiger partial charge on any atom is -0.368 e. The number of para-hydroxylation sites is 1. The van der Waals surface area contributed by atoms with E-state index in [0.717, 1.165) is 11.1 Å². The van der Waals surface area contributed by atoms with Crippen LogP contribution in [0.15, 0.2) is 83.8 Å². The second kappa shape index (κ2) is 8.47. The van der Waals surface area contributed by atoms with E-state index >= 15 is 0 Å². The van der Waals surface area contributed by atoms with Crippen LogP contribution in [0, 0.1) is 0 Å². The van der Waals surface area contributed by atoms with Gasteiger partial charge in [-0.05, 0) is 47.5 Å². The number of primary amides is 1. The maximum absolute atomic E-state index is 13.2. The van der Waals surface area contributed by atoms with Gasteiger partial charge in [-0.2, -0.15) is 0 Å². The first kappa shape index (κ1) is 21.6. The van der Waals surface area contributed by atoms with E-state index in [4.69, 9.17) is 5.73 Å². The molecular weight excluding hydrogens is 426 g/mol. The summed E-state index contributed by atoms with van der Waals surface area (Å²) in [6, 6.07) is 21.3. The lowest BCUT2D eigenvalue weighted by Crippen LogP contribution is -2.51. The van der Waals surface area contributed by atoms with Crippen LogP contribution in [-0.4, -0.2) is 38.2 Å². The summed E-state index contributed by atoms with van der Waals surface area (Å²) in [6.07, 6.45) is 0.353. The third-order valence-electron chi connectivity index (χ3n) is 5.72. The Kier molecular flexibility index (Phi) is 5.71. The molecule has 0 saturated carbocycles.